The average Bonchev–Trinajstić information content (AvgIpc) is 2.58. The summed E-state index contributed by atoms with van der Waals surface area (Å²) >= 11 is 0. The van der Waals surface area contributed by atoms with Gasteiger partial charge in [0.15, 0.2) is 0 Å². The molecule has 1 N–H and O–H groups in total. The Morgan fingerprint density at radius 2 is 2.20 bits per heavy atom. The fraction of sp³-hybridized carbons (Fsp3) is 0.750. The first-order valence-electron chi connectivity index (χ1n) is 5.85. The van der Waals surface area contributed by atoms with Gasteiger partial charge in [-0.3, -0.25) is 4.68 Å². The quantitative estimate of drug-likeness (QED) is 0.776. The molecule has 1 rings (SSSR count). The number of nitrogens with one attached hydrogen (secondary N) is 1. The van der Waals surface area contributed by atoms with E-state index in [1.165, 1.54) is 12.1 Å². The summed E-state index contributed by atoms with van der Waals surface area (Å²) < 4.78 is 1.87. The van der Waals surface area contributed by atoms with Gasteiger partial charge < -0.3 is 5.32 Å². The molecule has 0 fully saturated rings. The number of nitrogens with zero attached hydrogens (tertiary/aromatic N) is 2. The second-order valence-corrected chi connectivity index (χ2v) is 4.49. The fourth-order valence-electron chi connectivity index (χ4n) is 1.67. The molecule has 0 spiro atoms. The lowest BCUT2D eigenvalue weighted by atomic mass is 9.99. The van der Waals surface area contributed by atoms with Crippen molar-refractivity contribution in [2.45, 2.75) is 39.7 Å². The summed E-state index contributed by atoms with van der Waals surface area (Å²) in [5.74, 6) is 0.651. The summed E-state index contributed by atoms with van der Waals surface area (Å²) in [6, 6.07) is 2.64. The molecule has 3 heteroatoms. The predicted molar refractivity (Wildman–Crippen MR) is 63.8 cm³/mol. The smallest absolute Gasteiger partial charge is 0.0640 e. The molecule has 0 aromatic carbocycles. The lowest BCUT2D eigenvalue weighted by Crippen LogP contribution is -2.36. The molecular formula is C12H23N3. The summed E-state index contributed by atoms with van der Waals surface area (Å²) in [7, 11) is 1.97. The summed E-state index contributed by atoms with van der Waals surface area (Å²) in [5, 5.41) is 7.99. The lowest BCUT2D eigenvalue weighted by Gasteiger charge is -2.21. The third-order valence-electron chi connectivity index (χ3n) is 2.66. The van der Waals surface area contributed by atoms with Gasteiger partial charge in [-0.25, -0.2) is 0 Å². The van der Waals surface area contributed by atoms with Crippen LogP contribution >= 0.6 is 0 Å². The van der Waals surface area contributed by atoms with Crippen LogP contribution in [-0.2, 0) is 13.5 Å². The second kappa shape index (κ2) is 5.91. The highest BCUT2D eigenvalue weighted by molar-refractivity contribution is 5.01. The molecule has 1 aromatic rings. The minimum atomic E-state index is 0.542. The minimum Gasteiger partial charge on any atom is -0.313 e. The normalized spacial score (nSPS) is 13.4. The lowest BCUT2D eigenvalue weighted by molar-refractivity contribution is 0.393. The maximum Gasteiger partial charge on any atom is 0.0640 e. The molecule has 0 amide bonds. The van der Waals surface area contributed by atoms with Crippen LogP contribution in [0.3, 0.4) is 0 Å². The van der Waals surface area contributed by atoms with Crippen LogP contribution in [0.4, 0.5) is 0 Å². The van der Waals surface area contributed by atoms with Crippen molar-refractivity contribution in [3.63, 3.8) is 0 Å². The first-order chi connectivity index (χ1) is 7.13. The fourth-order valence-corrected chi connectivity index (χ4v) is 1.67. The van der Waals surface area contributed by atoms with E-state index in [9.17, 15) is 0 Å². The molecular weight excluding hydrogens is 186 g/mol. The Kier molecular flexibility index (Phi) is 4.82. The van der Waals surface area contributed by atoms with Crippen molar-refractivity contribution in [3.05, 3.63) is 18.0 Å². The van der Waals surface area contributed by atoms with E-state index in [0.717, 1.165) is 13.0 Å². The molecule has 0 saturated carbocycles. The minimum absolute atomic E-state index is 0.542. The number of aryl methyl sites for hydroxylation is 1. The van der Waals surface area contributed by atoms with Gasteiger partial charge in [0.05, 0.1) is 5.69 Å². The van der Waals surface area contributed by atoms with Gasteiger partial charge in [-0.1, -0.05) is 20.8 Å². The van der Waals surface area contributed by atoms with Gasteiger partial charge in [-0.2, -0.15) is 5.10 Å². The van der Waals surface area contributed by atoms with E-state index in [-0.39, 0.29) is 0 Å². The molecule has 0 aliphatic carbocycles. The van der Waals surface area contributed by atoms with Crippen molar-refractivity contribution in [2.75, 3.05) is 6.54 Å². The van der Waals surface area contributed by atoms with E-state index >= 15 is 0 Å². The SMILES string of the molecule is CCCNC(Cc1ccn(C)n1)C(C)C. The molecule has 0 aliphatic rings. The van der Waals surface area contributed by atoms with E-state index in [4.69, 9.17) is 0 Å². The molecule has 1 atom stereocenters. The highest BCUT2D eigenvalue weighted by Crippen LogP contribution is 2.08. The molecule has 0 radical (unpaired) electrons. The van der Waals surface area contributed by atoms with Crippen molar-refractivity contribution < 1.29 is 0 Å². The standard InChI is InChI=1S/C12H23N3/c1-5-7-13-12(10(2)3)9-11-6-8-15(4)14-11/h6,8,10,12-13H,5,7,9H2,1-4H3. The van der Waals surface area contributed by atoms with E-state index in [2.05, 4.69) is 37.3 Å². The Balaban J connectivity index is 2.50. The highest BCUT2D eigenvalue weighted by atomic mass is 15.2. The first kappa shape index (κ1) is 12.2. The van der Waals surface area contributed by atoms with Crippen molar-refractivity contribution in [1.82, 2.24) is 15.1 Å². The third kappa shape index (κ3) is 4.04. The summed E-state index contributed by atoms with van der Waals surface area (Å²) in [5.41, 5.74) is 1.18. The van der Waals surface area contributed by atoms with Crippen LogP contribution in [0.2, 0.25) is 0 Å². The molecule has 3 nitrogen and oxygen atoms in total. The molecule has 1 unspecified atom stereocenters. The van der Waals surface area contributed by atoms with E-state index in [1.807, 2.05) is 17.9 Å². The number of hydrogen-bond donors (Lipinski definition) is 1. The van der Waals surface area contributed by atoms with Gasteiger partial charge in [0.2, 0.25) is 0 Å². The van der Waals surface area contributed by atoms with Crippen LogP contribution in [0.1, 0.15) is 32.9 Å². The summed E-state index contributed by atoms with van der Waals surface area (Å²) in [6.07, 6.45) is 4.22. The topological polar surface area (TPSA) is 29.9 Å². The van der Waals surface area contributed by atoms with Gasteiger partial charge in [-0.05, 0) is 24.9 Å². The van der Waals surface area contributed by atoms with E-state index in [1.54, 1.807) is 0 Å². The maximum atomic E-state index is 4.42. The van der Waals surface area contributed by atoms with Crippen molar-refractivity contribution in [1.29, 1.82) is 0 Å². The molecule has 0 aliphatic heterocycles. The van der Waals surface area contributed by atoms with Crippen LogP contribution in [0, 0.1) is 5.92 Å². The van der Waals surface area contributed by atoms with E-state index < -0.39 is 0 Å². The number of hydrogen-bond acceptors (Lipinski definition) is 2. The van der Waals surface area contributed by atoms with Gasteiger partial charge in [-0.15, -0.1) is 0 Å². The number of rotatable bonds is 6. The summed E-state index contributed by atoms with van der Waals surface area (Å²) in [4.78, 5) is 0. The molecule has 1 heterocycles. The van der Waals surface area contributed by atoms with Gasteiger partial charge in [0.1, 0.15) is 0 Å². The average molecular weight is 209 g/mol. The van der Waals surface area contributed by atoms with Crippen LogP contribution in [0.25, 0.3) is 0 Å². The largest absolute Gasteiger partial charge is 0.313 e. The Morgan fingerprint density at radius 1 is 1.47 bits per heavy atom. The zero-order valence-corrected chi connectivity index (χ0v) is 10.3. The van der Waals surface area contributed by atoms with Crippen LogP contribution < -0.4 is 5.32 Å². The molecule has 1 aromatic heterocycles. The molecule has 0 bridgehead atoms. The van der Waals surface area contributed by atoms with Crippen LogP contribution in [0.15, 0.2) is 12.3 Å². The molecule has 15 heavy (non-hydrogen) atoms. The Labute approximate surface area is 92.9 Å². The third-order valence-corrected chi connectivity index (χ3v) is 2.66. The Morgan fingerprint density at radius 3 is 2.67 bits per heavy atom. The Bertz CT molecular complexity index is 278. The second-order valence-electron chi connectivity index (χ2n) is 4.49. The van der Waals surface area contributed by atoms with Crippen molar-refractivity contribution >= 4 is 0 Å². The zero-order valence-electron chi connectivity index (χ0n) is 10.3. The van der Waals surface area contributed by atoms with Crippen LogP contribution in [-0.4, -0.2) is 22.4 Å². The van der Waals surface area contributed by atoms with Gasteiger partial charge in [0, 0.05) is 25.7 Å². The van der Waals surface area contributed by atoms with E-state index in [0.29, 0.717) is 12.0 Å². The molecule has 86 valence electrons. The Hall–Kier alpha value is -0.830. The van der Waals surface area contributed by atoms with Gasteiger partial charge >= 0.3 is 0 Å². The highest BCUT2D eigenvalue weighted by Gasteiger charge is 2.13. The molecule has 0 saturated heterocycles. The maximum absolute atomic E-state index is 4.42. The zero-order chi connectivity index (χ0) is 11.3. The van der Waals surface area contributed by atoms with Gasteiger partial charge in [0.25, 0.3) is 0 Å². The van der Waals surface area contributed by atoms with Crippen LogP contribution in [0.5, 0.6) is 0 Å². The predicted octanol–water partition coefficient (Wildman–Crippen LogP) is 1.99. The number of aromatic nitrogens is 2. The van der Waals surface area contributed by atoms with Crippen molar-refractivity contribution in [2.24, 2.45) is 13.0 Å². The monoisotopic (exact) mass is 209 g/mol. The first-order valence-corrected chi connectivity index (χ1v) is 5.85. The summed E-state index contributed by atoms with van der Waals surface area (Å²) in [6.45, 7) is 7.81. The van der Waals surface area contributed by atoms with Crippen molar-refractivity contribution in [3.8, 4) is 0 Å².